The van der Waals surface area contributed by atoms with E-state index in [1.165, 1.54) is 0 Å². The molecule has 1 amide bonds. The van der Waals surface area contributed by atoms with Gasteiger partial charge in [-0.3, -0.25) is 9.69 Å². The van der Waals surface area contributed by atoms with Gasteiger partial charge in [0.05, 0.1) is 12.6 Å². The molecular weight excluding hydrogens is 256 g/mol. The lowest BCUT2D eigenvalue weighted by Gasteiger charge is -2.27. The molecule has 1 heterocycles. The molecule has 1 unspecified atom stereocenters. The van der Waals surface area contributed by atoms with Crippen molar-refractivity contribution in [3.63, 3.8) is 0 Å². The molecule has 0 saturated carbocycles. The van der Waals surface area contributed by atoms with Crippen LogP contribution in [0.4, 0.5) is 0 Å². The zero-order chi connectivity index (χ0) is 14.8. The van der Waals surface area contributed by atoms with Crippen LogP contribution in [0.15, 0.2) is 0 Å². The first kappa shape index (κ1) is 17.4. The Labute approximate surface area is 122 Å². The highest BCUT2D eigenvalue weighted by molar-refractivity contribution is 5.81. The second-order valence-corrected chi connectivity index (χ2v) is 5.33. The van der Waals surface area contributed by atoms with Crippen LogP contribution in [-0.2, 0) is 9.53 Å². The Hall–Kier alpha value is -0.690. The molecule has 0 bridgehead atoms. The van der Waals surface area contributed by atoms with Gasteiger partial charge in [0.2, 0.25) is 5.91 Å². The average Bonchev–Trinajstić information content (AvgIpc) is 2.70. The number of nitrogens with two attached hydrogens (primary N) is 1. The second-order valence-electron chi connectivity index (χ2n) is 5.33. The molecule has 0 aromatic carbocycles. The van der Waals surface area contributed by atoms with E-state index in [-0.39, 0.29) is 11.9 Å². The molecule has 20 heavy (non-hydrogen) atoms. The van der Waals surface area contributed by atoms with Crippen molar-refractivity contribution in [3.8, 4) is 0 Å². The Balaban J connectivity index is 2.33. The summed E-state index contributed by atoms with van der Waals surface area (Å²) in [5.41, 5.74) is 5.56. The Morgan fingerprint density at radius 2 is 2.15 bits per heavy atom. The van der Waals surface area contributed by atoms with Crippen LogP contribution in [0.3, 0.4) is 0 Å². The number of amides is 1. The number of carbonyl (C=O) groups excluding carboxylic acids is 1. The lowest BCUT2D eigenvalue weighted by Crippen LogP contribution is -2.47. The molecule has 1 rings (SSSR count). The van der Waals surface area contributed by atoms with E-state index in [0.717, 1.165) is 52.1 Å². The normalized spacial score (nSPS) is 19.6. The Morgan fingerprint density at radius 3 is 2.85 bits per heavy atom. The number of rotatable bonds is 8. The van der Waals surface area contributed by atoms with Gasteiger partial charge in [-0.05, 0) is 39.4 Å². The minimum Gasteiger partial charge on any atom is -0.383 e. The number of methoxy groups -OCH3 is 1. The van der Waals surface area contributed by atoms with Crippen molar-refractivity contribution >= 4 is 5.91 Å². The molecule has 6 heteroatoms. The predicted molar refractivity (Wildman–Crippen MR) is 80.6 cm³/mol. The molecule has 6 nitrogen and oxygen atoms in total. The second kappa shape index (κ2) is 10.1. The molecule has 1 atom stereocenters. The SMILES string of the molecule is COCCNC(=O)C(C)N1CCCN(CCCN)CC1. The first-order valence-electron chi connectivity index (χ1n) is 7.62. The standard InChI is InChI=1S/C14H30N4O2/c1-13(14(19)16-6-12-20-2)18-9-4-8-17(10-11-18)7-3-5-15/h13H,3-12,15H2,1-2H3,(H,16,19). The van der Waals surface area contributed by atoms with Crippen molar-refractivity contribution in [2.75, 3.05) is 59.5 Å². The van der Waals surface area contributed by atoms with Gasteiger partial charge in [-0.25, -0.2) is 0 Å². The number of hydrogen-bond acceptors (Lipinski definition) is 5. The fraction of sp³-hybridized carbons (Fsp3) is 0.929. The van der Waals surface area contributed by atoms with Crippen molar-refractivity contribution in [1.29, 1.82) is 0 Å². The van der Waals surface area contributed by atoms with Crippen molar-refractivity contribution in [1.82, 2.24) is 15.1 Å². The molecule has 1 fully saturated rings. The van der Waals surface area contributed by atoms with Gasteiger partial charge in [-0.1, -0.05) is 0 Å². The van der Waals surface area contributed by atoms with Gasteiger partial charge in [0.15, 0.2) is 0 Å². The van der Waals surface area contributed by atoms with Gasteiger partial charge in [0, 0.05) is 33.3 Å². The van der Waals surface area contributed by atoms with Crippen LogP contribution in [0.25, 0.3) is 0 Å². The Kier molecular flexibility index (Phi) is 8.77. The summed E-state index contributed by atoms with van der Waals surface area (Å²) in [4.78, 5) is 16.8. The topological polar surface area (TPSA) is 70.8 Å². The van der Waals surface area contributed by atoms with E-state index < -0.39 is 0 Å². The summed E-state index contributed by atoms with van der Waals surface area (Å²) in [5.74, 6) is 0.0949. The third-order valence-electron chi connectivity index (χ3n) is 3.83. The molecule has 3 N–H and O–H groups in total. The molecule has 0 aromatic heterocycles. The molecular formula is C14H30N4O2. The lowest BCUT2D eigenvalue weighted by molar-refractivity contribution is -0.126. The van der Waals surface area contributed by atoms with Gasteiger partial charge >= 0.3 is 0 Å². The Morgan fingerprint density at radius 1 is 1.35 bits per heavy atom. The maximum Gasteiger partial charge on any atom is 0.237 e. The van der Waals surface area contributed by atoms with Crippen LogP contribution < -0.4 is 11.1 Å². The van der Waals surface area contributed by atoms with Crippen molar-refractivity contribution in [2.45, 2.75) is 25.8 Å². The summed E-state index contributed by atoms with van der Waals surface area (Å²) in [5, 5.41) is 2.91. The highest BCUT2D eigenvalue weighted by atomic mass is 16.5. The van der Waals surface area contributed by atoms with E-state index >= 15 is 0 Å². The van der Waals surface area contributed by atoms with E-state index in [1.807, 2.05) is 6.92 Å². The number of nitrogens with zero attached hydrogens (tertiary/aromatic N) is 2. The van der Waals surface area contributed by atoms with Crippen LogP contribution >= 0.6 is 0 Å². The van der Waals surface area contributed by atoms with Crippen LogP contribution in [0.2, 0.25) is 0 Å². The third kappa shape index (κ3) is 6.17. The van der Waals surface area contributed by atoms with Crippen LogP contribution in [0, 0.1) is 0 Å². The molecule has 118 valence electrons. The fourth-order valence-electron chi connectivity index (χ4n) is 2.51. The van der Waals surface area contributed by atoms with E-state index in [4.69, 9.17) is 10.5 Å². The molecule has 1 saturated heterocycles. The first-order valence-corrected chi connectivity index (χ1v) is 7.62. The van der Waals surface area contributed by atoms with Crippen LogP contribution in [0.5, 0.6) is 0 Å². The quantitative estimate of drug-likeness (QED) is 0.588. The monoisotopic (exact) mass is 286 g/mol. The van der Waals surface area contributed by atoms with Gasteiger partial charge in [-0.2, -0.15) is 0 Å². The highest BCUT2D eigenvalue weighted by Crippen LogP contribution is 2.07. The van der Waals surface area contributed by atoms with E-state index in [0.29, 0.717) is 13.2 Å². The molecule has 0 radical (unpaired) electrons. The zero-order valence-corrected chi connectivity index (χ0v) is 12.9. The fourth-order valence-corrected chi connectivity index (χ4v) is 2.51. The van der Waals surface area contributed by atoms with E-state index in [9.17, 15) is 4.79 Å². The zero-order valence-electron chi connectivity index (χ0n) is 12.9. The van der Waals surface area contributed by atoms with Crippen LogP contribution in [-0.4, -0.2) is 81.3 Å². The number of nitrogens with one attached hydrogen (secondary N) is 1. The summed E-state index contributed by atoms with van der Waals surface area (Å²) < 4.78 is 4.94. The summed E-state index contributed by atoms with van der Waals surface area (Å²) in [7, 11) is 1.64. The maximum atomic E-state index is 12.0. The van der Waals surface area contributed by atoms with Crippen molar-refractivity contribution in [2.24, 2.45) is 5.73 Å². The highest BCUT2D eigenvalue weighted by Gasteiger charge is 2.23. The van der Waals surface area contributed by atoms with E-state index in [2.05, 4.69) is 15.1 Å². The summed E-state index contributed by atoms with van der Waals surface area (Å²) in [6.45, 7) is 9.00. The molecule has 1 aliphatic heterocycles. The van der Waals surface area contributed by atoms with Gasteiger partial charge in [0.1, 0.15) is 0 Å². The third-order valence-corrected chi connectivity index (χ3v) is 3.83. The molecule has 1 aliphatic rings. The summed E-state index contributed by atoms with van der Waals surface area (Å²) in [6, 6.07) is -0.0682. The minimum atomic E-state index is -0.0682. The minimum absolute atomic E-state index is 0.0682. The number of carbonyl (C=O) groups is 1. The Bertz CT molecular complexity index is 276. The molecule has 0 aromatic rings. The largest absolute Gasteiger partial charge is 0.383 e. The van der Waals surface area contributed by atoms with Crippen LogP contribution in [0.1, 0.15) is 19.8 Å². The van der Waals surface area contributed by atoms with Gasteiger partial charge in [-0.15, -0.1) is 0 Å². The van der Waals surface area contributed by atoms with E-state index in [1.54, 1.807) is 7.11 Å². The van der Waals surface area contributed by atoms with Gasteiger partial charge in [0.25, 0.3) is 0 Å². The molecule has 0 spiro atoms. The van der Waals surface area contributed by atoms with Crippen molar-refractivity contribution < 1.29 is 9.53 Å². The lowest BCUT2D eigenvalue weighted by atomic mass is 10.2. The first-order chi connectivity index (χ1) is 9.69. The molecule has 0 aliphatic carbocycles. The maximum absolute atomic E-state index is 12.0. The smallest absolute Gasteiger partial charge is 0.237 e. The predicted octanol–water partition coefficient (Wildman–Crippen LogP) is -0.506. The number of ether oxygens (including phenoxy) is 1. The average molecular weight is 286 g/mol. The van der Waals surface area contributed by atoms with Gasteiger partial charge < -0.3 is 20.7 Å². The summed E-state index contributed by atoms with van der Waals surface area (Å²) >= 11 is 0. The van der Waals surface area contributed by atoms with Crippen molar-refractivity contribution in [3.05, 3.63) is 0 Å². The summed E-state index contributed by atoms with van der Waals surface area (Å²) in [6.07, 6.45) is 2.16. The number of hydrogen-bond donors (Lipinski definition) is 2.